The summed E-state index contributed by atoms with van der Waals surface area (Å²) in [5.41, 5.74) is 8.28. The molecule has 0 radical (unpaired) electrons. The zero-order chi connectivity index (χ0) is 22.9. The Bertz CT molecular complexity index is 1360. The monoisotopic (exact) mass is 438 g/mol. The Morgan fingerprint density at radius 3 is 2.27 bits per heavy atom. The lowest BCUT2D eigenvalue weighted by molar-refractivity contribution is -0.384. The molecule has 4 aromatic rings. The lowest BCUT2D eigenvalue weighted by Crippen LogP contribution is -2.08. The highest BCUT2D eigenvalue weighted by Crippen LogP contribution is 2.42. The molecular formula is C27H22N2O4. The average molecular weight is 438 g/mol. The van der Waals surface area contributed by atoms with Crippen LogP contribution in [0.1, 0.15) is 11.1 Å². The number of nitro groups is 1. The molecule has 0 amide bonds. The number of non-ortho nitro benzene ring substituents is 1. The number of methoxy groups -OCH3 is 2. The maximum absolute atomic E-state index is 11.1. The zero-order valence-electron chi connectivity index (χ0n) is 18.4. The van der Waals surface area contributed by atoms with Gasteiger partial charge < -0.3 is 9.47 Å². The van der Waals surface area contributed by atoms with E-state index < -0.39 is 4.92 Å². The van der Waals surface area contributed by atoms with Gasteiger partial charge in [0.1, 0.15) is 0 Å². The summed E-state index contributed by atoms with van der Waals surface area (Å²) in [6, 6.07) is 22.8. The van der Waals surface area contributed by atoms with Gasteiger partial charge >= 0.3 is 0 Å². The van der Waals surface area contributed by atoms with Crippen LogP contribution in [0.15, 0.2) is 72.8 Å². The first-order valence-electron chi connectivity index (χ1n) is 10.7. The highest BCUT2D eigenvalue weighted by Gasteiger charge is 2.23. The minimum Gasteiger partial charge on any atom is -0.493 e. The van der Waals surface area contributed by atoms with Gasteiger partial charge in [-0.15, -0.1) is 0 Å². The van der Waals surface area contributed by atoms with Crippen molar-refractivity contribution < 1.29 is 14.4 Å². The van der Waals surface area contributed by atoms with Crippen molar-refractivity contribution in [2.45, 2.75) is 12.8 Å². The Morgan fingerprint density at radius 1 is 0.818 bits per heavy atom. The van der Waals surface area contributed by atoms with Crippen LogP contribution in [0.5, 0.6) is 11.5 Å². The van der Waals surface area contributed by atoms with Gasteiger partial charge in [-0.1, -0.05) is 30.3 Å². The van der Waals surface area contributed by atoms with Crippen molar-refractivity contribution >= 4 is 5.69 Å². The van der Waals surface area contributed by atoms with Gasteiger partial charge in [-0.3, -0.25) is 10.1 Å². The summed E-state index contributed by atoms with van der Waals surface area (Å²) in [7, 11) is 3.25. The molecule has 6 nitrogen and oxygen atoms in total. The Kier molecular flexibility index (Phi) is 5.26. The number of hydrogen-bond donors (Lipinski definition) is 0. The second kappa shape index (κ2) is 8.39. The normalized spacial score (nSPS) is 11.9. The van der Waals surface area contributed by atoms with E-state index in [0.717, 1.165) is 46.5 Å². The predicted molar refractivity (Wildman–Crippen MR) is 128 cm³/mol. The molecule has 164 valence electrons. The van der Waals surface area contributed by atoms with Gasteiger partial charge in [-0.2, -0.15) is 0 Å². The molecule has 1 aromatic heterocycles. The Labute approximate surface area is 191 Å². The van der Waals surface area contributed by atoms with Crippen molar-refractivity contribution in [2.24, 2.45) is 0 Å². The van der Waals surface area contributed by atoms with E-state index in [-0.39, 0.29) is 5.69 Å². The summed E-state index contributed by atoms with van der Waals surface area (Å²) >= 11 is 0. The second-order valence-electron chi connectivity index (χ2n) is 7.91. The van der Waals surface area contributed by atoms with E-state index >= 15 is 0 Å². The van der Waals surface area contributed by atoms with Crippen molar-refractivity contribution in [1.29, 1.82) is 0 Å². The van der Waals surface area contributed by atoms with Crippen LogP contribution in [0.2, 0.25) is 0 Å². The first kappa shape index (κ1) is 20.7. The first-order valence-corrected chi connectivity index (χ1v) is 10.7. The molecule has 0 bridgehead atoms. The average Bonchev–Trinajstić information content (AvgIpc) is 2.87. The molecular weight excluding hydrogens is 416 g/mol. The van der Waals surface area contributed by atoms with E-state index in [0.29, 0.717) is 11.5 Å². The Balaban J connectivity index is 1.74. The van der Waals surface area contributed by atoms with Gasteiger partial charge in [0, 0.05) is 23.3 Å². The summed E-state index contributed by atoms with van der Waals surface area (Å²) in [5.74, 6) is 1.33. The number of nitrogens with zero attached hydrogens (tertiary/aromatic N) is 2. The van der Waals surface area contributed by atoms with Crippen LogP contribution in [0.25, 0.3) is 33.6 Å². The van der Waals surface area contributed by atoms with Gasteiger partial charge in [0.2, 0.25) is 0 Å². The van der Waals surface area contributed by atoms with Crippen molar-refractivity contribution in [2.75, 3.05) is 14.2 Å². The predicted octanol–water partition coefficient (Wildman–Crippen LogP) is 6.11. The van der Waals surface area contributed by atoms with Gasteiger partial charge in [-0.25, -0.2) is 4.98 Å². The van der Waals surface area contributed by atoms with Gasteiger partial charge in [0.15, 0.2) is 11.5 Å². The van der Waals surface area contributed by atoms with Gasteiger partial charge in [-0.05, 0) is 65.4 Å². The topological polar surface area (TPSA) is 74.5 Å². The van der Waals surface area contributed by atoms with Crippen LogP contribution in [0.4, 0.5) is 5.69 Å². The molecule has 0 spiro atoms. The van der Waals surface area contributed by atoms with E-state index in [1.54, 1.807) is 26.4 Å². The minimum atomic E-state index is -0.393. The molecule has 1 heterocycles. The van der Waals surface area contributed by atoms with E-state index in [9.17, 15) is 10.1 Å². The van der Waals surface area contributed by atoms with Crippen LogP contribution >= 0.6 is 0 Å². The molecule has 3 aromatic carbocycles. The molecule has 5 rings (SSSR count). The van der Waals surface area contributed by atoms with Crippen molar-refractivity contribution in [3.8, 4) is 45.1 Å². The SMILES string of the molecule is COc1ccc(-c2cc(-c3ccc([N+](=O)[O-])cc3)nc3c2CCc2ccccc2-3)cc1OC. The molecule has 0 N–H and O–H groups in total. The zero-order valence-corrected chi connectivity index (χ0v) is 18.4. The van der Waals surface area contributed by atoms with E-state index in [2.05, 4.69) is 24.3 Å². The number of rotatable bonds is 5. The molecule has 0 saturated carbocycles. The lowest BCUT2D eigenvalue weighted by Gasteiger charge is -2.23. The quantitative estimate of drug-likeness (QED) is 0.278. The van der Waals surface area contributed by atoms with Crippen molar-refractivity contribution in [1.82, 2.24) is 4.98 Å². The summed E-state index contributed by atoms with van der Waals surface area (Å²) in [6.45, 7) is 0. The summed E-state index contributed by atoms with van der Waals surface area (Å²) in [5, 5.41) is 11.1. The number of hydrogen-bond acceptors (Lipinski definition) is 5. The smallest absolute Gasteiger partial charge is 0.269 e. The highest BCUT2D eigenvalue weighted by molar-refractivity contribution is 5.84. The van der Waals surface area contributed by atoms with Crippen LogP contribution in [0.3, 0.4) is 0 Å². The Hall–Kier alpha value is -4.19. The number of ether oxygens (including phenoxy) is 2. The summed E-state index contributed by atoms with van der Waals surface area (Å²) in [4.78, 5) is 15.7. The number of aromatic nitrogens is 1. The minimum absolute atomic E-state index is 0.0576. The maximum Gasteiger partial charge on any atom is 0.269 e. The third-order valence-corrected chi connectivity index (χ3v) is 6.11. The number of aryl methyl sites for hydroxylation is 1. The van der Waals surface area contributed by atoms with Gasteiger partial charge in [0.05, 0.1) is 30.5 Å². The third kappa shape index (κ3) is 3.69. The molecule has 0 saturated heterocycles. The molecule has 6 heteroatoms. The van der Waals surface area contributed by atoms with Crippen molar-refractivity contribution in [3.05, 3.63) is 94.0 Å². The van der Waals surface area contributed by atoms with Crippen LogP contribution in [-0.2, 0) is 12.8 Å². The molecule has 1 aliphatic rings. The molecule has 0 aliphatic heterocycles. The van der Waals surface area contributed by atoms with E-state index in [4.69, 9.17) is 14.5 Å². The van der Waals surface area contributed by atoms with E-state index in [1.807, 2.05) is 24.3 Å². The molecule has 0 fully saturated rings. The molecule has 0 atom stereocenters. The fourth-order valence-electron chi connectivity index (χ4n) is 4.44. The largest absolute Gasteiger partial charge is 0.493 e. The molecule has 1 aliphatic carbocycles. The third-order valence-electron chi connectivity index (χ3n) is 6.11. The lowest BCUT2D eigenvalue weighted by atomic mass is 9.84. The highest BCUT2D eigenvalue weighted by atomic mass is 16.6. The first-order chi connectivity index (χ1) is 16.1. The van der Waals surface area contributed by atoms with Crippen LogP contribution < -0.4 is 9.47 Å². The van der Waals surface area contributed by atoms with Crippen molar-refractivity contribution in [3.63, 3.8) is 0 Å². The molecule has 33 heavy (non-hydrogen) atoms. The fraction of sp³-hybridized carbons (Fsp3) is 0.148. The van der Waals surface area contributed by atoms with Crippen LogP contribution in [-0.4, -0.2) is 24.1 Å². The number of pyridine rings is 1. The number of benzene rings is 3. The summed E-state index contributed by atoms with van der Waals surface area (Å²) < 4.78 is 11.0. The van der Waals surface area contributed by atoms with Crippen LogP contribution in [0, 0.1) is 10.1 Å². The number of fused-ring (bicyclic) bond motifs is 3. The van der Waals surface area contributed by atoms with Gasteiger partial charge in [0.25, 0.3) is 5.69 Å². The second-order valence-corrected chi connectivity index (χ2v) is 7.91. The van der Waals surface area contributed by atoms with E-state index in [1.165, 1.54) is 23.3 Å². The summed E-state index contributed by atoms with van der Waals surface area (Å²) in [6.07, 6.45) is 1.82. The fourth-order valence-corrected chi connectivity index (χ4v) is 4.44. The number of nitro benzene ring substituents is 1. The maximum atomic E-state index is 11.1. The molecule has 0 unspecified atom stereocenters. The Morgan fingerprint density at radius 2 is 1.55 bits per heavy atom. The standard InChI is InChI=1S/C27H22N2O4/c1-32-25-14-10-19(15-26(25)33-2)23-16-24(18-7-11-20(12-8-18)29(30)31)28-27-21-6-4-3-5-17(21)9-13-22(23)27/h3-8,10-12,14-16H,9,13H2,1-2H3.